The molecule has 0 atom stereocenters. The molecule has 5 amide bonds. The molecular weight excluding hydrogens is 396 g/mol. The van der Waals surface area contributed by atoms with Crippen molar-refractivity contribution in [2.24, 2.45) is 5.73 Å². The molecule has 0 unspecified atom stereocenters. The van der Waals surface area contributed by atoms with E-state index in [9.17, 15) is 19.2 Å². The fourth-order valence-corrected chi connectivity index (χ4v) is 3.75. The number of nitrogens with zero attached hydrogens (tertiary/aromatic N) is 2. The predicted molar refractivity (Wildman–Crippen MR) is 116 cm³/mol. The minimum atomic E-state index is -0.788. The lowest BCUT2D eigenvalue weighted by Crippen LogP contribution is -2.54. The second kappa shape index (κ2) is 7.91. The number of para-hydroxylation sites is 2. The van der Waals surface area contributed by atoms with Gasteiger partial charge in [-0.2, -0.15) is 0 Å². The largest absolute Gasteiger partial charge is 0.368 e. The summed E-state index contributed by atoms with van der Waals surface area (Å²) < 4.78 is 1.66. The van der Waals surface area contributed by atoms with Crippen LogP contribution in [0, 0.1) is 0 Å². The number of amides is 5. The van der Waals surface area contributed by atoms with E-state index in [2.05, 4.69) is 5.32 Å². The molecule has 31 heavy (non-hydrogen) atoms. The van der Waals surface area contributed by atoms with Crippen LogP contribution >= 0.6 is 0 Å². The monoisotopic (exact) mass is 416 g/mol. The maximum absolute atomic E-state index is 13.2. The maximum atomic E-state index is 13.2. The number of carbonyl (C=O) groups is 4. The number of imide groups is 2. The number of aromatic nitrogens is 1. The van der Waals surface area contributed by atoms with E-state index in [1.807, 2.05) is 43.3 Å². The lowest BCUT2D eigenvalue weighted by atomic mass is 10.0. The van der Waals surface area contributed by atoms with Crippen LogP contribution in [-0.2, 0) is 27.3 Å². The first-order chi connectivity index (χ1) is 14.9. The molecule has 3 aromatic rings. The van der Waals surface area contributed by atoms with Crippen molar-refractivity contribution < 1.29 is 19.2 Å². The average Bonchev–Trinajstić information content (AvgIpc) is 3.08. The minimum Gasteiger partial charge on any atom is -0.368 e. The van der Waals surface area contributed by atoms with Crippen LogP contribution in [0.1, 0.15) is 18.1 Å². The lowest BCUT2D eigenvalue weighted by molar-refractivity contribution is -0.122. The van der Waals surface area contributed by atoms with Gasteiger partial charge in [0.05, 0.1) is 5.69 Å². The van der Waals surface area contributed by atoms with Crippen LogP contribution in [0.4, 0.5) is 10.5 Å². The van der Waals surface area contributed by atoms with Crippen molar-refractivity contribution in [2.45, 2.75) is 19.9 Å². The fourth-order valence-electron chi connectivity index (χ4n) is 3.75. The predicted octanol–water partition coefficient (Wildman–Crippen LogP) is 2.36. The Morgan fingerprint density at radius 1 is 1.06 bits per heavy atom. The van der Waals surface area contributed by atoms with Gasteiger partial charge in [-0.1, -0.05) is 43.3 Å². The number of anilines is 1. The summed E-state index contributed by atoms with van der Waals surface area (Å²) in [6, 6.07) is 13.5. The molecule has 1 aliphatic rings. The summed E-state index contributed by atoms with van der Waals surface area (Å²) in [5.74, 6) is -1.99. The van der Waals surface area contributed by atoms with Crippen molar-refractivity contribution in [1.82, 2.24) is 9.88 Å². The van der Waals surface area contributed by atoms with Gasteiger partial charge in [0.15, 0.2) is 0 Å². The highest BCUT2D eigenvalue weighted by atomic mass is 16.2. The number of hydrogen-bond donors (Lipinski definition) is 2. The number of aryl methyl sites for hydroxylation is 1. The summed E-state index contributed by atoms with van der Waals surface area (Å²) in [4.78, 5) is 50.7. The van der Waals surface area contributed by atoms with E-state index < -0.39 is 23.8 Å². The van der Waals surface area contributed by atoms with Gasteiger partial charge in [-0.05, 0) is 30.2 Å². The summed E-state index contributed by atoms with van der Waals surface area (Å²) in [6.07, 6.45) is 3.70. The molecule has 0 saturated carbocycles. The molecule has 0 radical (unpaired) electrons. The minimum absolute atomic E-state index is 0.0433. The van der Waals surface area contributed by atoms with E-state index in [0.717, 1.165) is 21.4 Å². The number of nitrogens with one attached hydrogen (secondary N) is 1. The molecule has 156 valence electrons. The first kappa shape index (κ1) is 20.1. The Labute approximate surface area is 177 Å². The second-order valence-electron chi connectivity index (χ2n) is 7.14. The van der Waals surface area contributed by atoms with Gasteiger partial charge >= 0.3 is 6.03 Å². The first-order valence-corrected chi connectivity index (χ1v) is 9.76. The summed E-state index contributed by atoms with van der Waals surface area (Å²) in [5.41, 5.74) is 7.70. The van der Waals surface area contributed by atoms with Crippen LogP contribution in [0.25, 0.3) is 17.0 Å². The number of nitrogens with two attached hydrogens (primary N) is 1. The van der Waals surface area contributed by atoms with E-state index in [0.29, 0.717) is 17.7 Å². The normalized spacial score (nSPS) is 15.6. The fraction of sp³-hybridized carbons (Fsp3) is 0.130. The Balaban J connectivity index is 1.82. The molecule has 0 spiro atoms. The highest BCUT2D eigenvalue weighted by molar-refractivity contribution is 6.39. The van der Waals surface area contributed by atoms with Crippen LogP contribution in [0.2, 0.25) is 0 Å². The molecule has 1 aromatic heterocycles. The zero-order valence-electron chi connectivity index (χ0n) is 16.8. The number of hydrogen-bond acceptors (Lipinski definition) is 4. The van der Waals surface area contributed by atoms with Crippen molar-refractivity contribution in [1.29, 1.82) is 0 Å². The Morgan fingerprint density at radius 3 is 2.52 bits per heavy atom. The number of primary amides is 1. The molecular formula is C23H20N4O4. The van der Waals surface area contributed by atoms with E-state index >= 15 is 0 Å². The van der Waals surface area contributed by atoms with Crippen molar-refractivity contribution in [3.8, 4) is 0 Å². The molecule has 0 bridgehead atoms. The van der Waals surface area contributed by atoms with Gasteiger partial charge in [-0.15, -0.1) is 0 Å². The zero-order valence-corrected chi connectivity index (χ0v) is 16.8. The number of rotatable bonds is 5. The summed E-state index contributed by atoms with van der Waals surface area (Å²) >= 11 is 0. The quantitative estimate of drug-likeness (QED) is 0.491. The van der Waals surface area contributed by atoms with Gasteiger partial charge in [0, 0.05) is 22.7 Å². The van der Waals surface area contributed by atoms with Gasteiger partial charge in [-0.3, -0.25) is 19.7 Å². The molecule has 4 rings (SSSR count). The Bertz CT molecular complexity index is 1270. The summed E-state index contributed by atoms with van der Waals surface area (Å²) in [5, 5.41) is 2.99. The number of carbonyl (C=O) groups excluding carboxylic acids is 4. The smallest absolute Gasteiger partial charge is 0.335 e. The molecule has 3 N–H and O–H groups in total. The number of urea groups is 1. The molecule has 0 aliphatic carbocycles. The third kappa shape index (κ3) is 3.59. The van der Waals surface area contributed by atoms with Gasteiger partial charge in [0.2, 0.25) is 5.91 Å². The SMILES string of the molecule is CCc1ccccc1N1C(=O)NC(=O)/C(=C\c2cn(CC(N)=O)c3ccccc23)C1=O. The topological polar surface area (TPSA) is 114 Å². The van der Waals surface area contributed by atoms with Gasteiger partial charge in [-0.25, -0.2) is 9.69 Å². The molecule has 1 saturated heterocycles. The van der Waals surface area contributed by atoms with Gasteiger partial charge in [0.1, 0.15) is 12.1 Å². The van der Waals surface area contributed by atoms with Gasteiger partial charge in [0.25, 0.3) is 11.8 Å². The zero-order chi connectivity index (χ0) is 22.1. The summed E-state index contributed by atoms with van der Waals surface area (Å²) in [6.45, 7) is 1.87. The van der Waals surface area contributed by atoms with Crippen molar-refractivity contribution >= 4 is 46.4 Å². The van der Waals surface area contributed by atoms with Crippen molar-refractivity contribution in [3.05, 3.63) is 71.4 Å². The lowest BCUT2D eigenvalue weighted by Gasteiger charge is -2.27. The Kier molecular flexibility index (Phi) is 5.12. The van der Waals surface area contributed by atoms with E-state index in [1.165, 1.54) is 6.08 Å². The maximum Gasteiger partial charge on any atom is 0.335 e. The molecule has 8 heteroatoms. The molecule has 2 heterocycles. The van der Waals surface area contributed by atoms with Crippen LogP contribution in [0.15, 0.2) is 60.3 Å². The molecule has 1 fully saturated rings. The summed E-state index contributed by atoms with van der Waals surface area (Å²) in [7, 11) is 0. The van der Waals surface area contributed by atoms with E-state index in [1.54, 1.807) is 22.9 Å². The van der Waals surface area contributed by atoms with Crippen LogP contribution in [0.5, 0.6) is 0 Å². The Hall–Kier alpha value is -4.20. The highest BCUT2D eigenvalue weighted by Gasteiger charge is 2.37. The molecule has 8 nitrogen and oxygen atoms in total. The van der Waals surface area contributed by atoms with Crippen molar-refractivity contribution in [3.63, 3.8) is 0 Å². The standard InChI is InChI=1S/C23H20N4O4/c1-2-14-7-3-5-9-18(14)27-22(30)17(21(29)25-23(27)31)11-15-12-26(13-20(24)28)19-10-6-4-8-16(15)19/h3-12H,2,13H2,1H3,(H2,24,28)(H,25,29,31)/b17-11+. The van der Waals surface area contributed by atoms with E-state index in [-0.39, 0.29) is 12.1 Å². The van der Waals surface area contributed by atoms with Crippen molar-refractivity contribution in [2.75, 3.05) is 4.90 Å². The van der Waals surface area contributed by atoms with Crippen LogP contribution in [-0.4, -0.2) is 28.3 Å². The number of benzene rings is 2. The van der Waals surface area contributed by atoms with Crippen LogP contribution < -0.4 is 16.0 Å². The highest BCUT2D eigenvalue weighted by Crippen LogP contribution is 2.28. The second-order valence-corrected chi connectivity index (χ2v) is 7.14. The molecule has 2 aromatic carbocycles. The average molecular weight is 416 g/mol. The Morgan fingerprint density at radius 2 is 1.77 bits per heavy atom. The van der Waals surface area contributed by atoms with Crippen LogP contribution in [0.3, 0.4) is 0 Å². The number of fused-ring (bicyclic) bond motifs is 1. The van der Waals surface area contributed by atoms with E-state index in [4.69, 9.17) is 5.73 Å². The first-order valence-electron chi connectivity index (χ1n) is 9.76. The van der Waals surface area contributed by atoms with Gasteiger partial charge < -0.3 is 10.3 Å². The molecule has 1 aliphatic heterocycles. The number of barbiturate groups is 1. The third-order valence-electron chi connectivity index (χ3n) is 5.16. The third-order valence-corrected chi connectivity index (χ3v) is 5.16.